The first kappa shape index (κ1) is 10.5. The predicted molar refractivity (Wildman–Crippen MR) is 54.4 cm³/mol. The number of nitrogens with zero attached hydrogens (tertiary/aromatic N) is 2. The Balaban J connectivity index is 2.42. The van der Waals surface area contributed by atoms with Gasteiger partial charge in [0.05, 0.1) is 0 Å². The standard InChI is InChI=1S/C11H9FN2O2/c1-6-5-8(3-4-9(6)12)10-13-11(7(2)15)16-14-10/h3-5H,1-2H3. The van der Waals surface area contributed by atoms with Gasteiger partial charge in [-0.3, -0.25) is 4.79 Å². The number of carbonyl (C=O) groups is 1. The molecule has 0 aliphatic rings. The lowest BCUT2D eigenvalue weighted by Crippen LogP contribution is -1.91. The van der Waals surface area contributed by atoms with Crippen molar-refractivity contribution < 1.29 is 13.7 Å². The van der Waals surface area contributed by atoms with E-state index >= 15 is 0 Å². The molecule has 0 amide bonds. The van der Waals surface area contributed by atoms with Crippen molar-refractivity contribution in [2.24, 2.45) is 0 Å². The summed E-state index contributed by atoms with van der Waals surface area (Å²) in [5.74, 6) is -0.345. The molecule has 1 aromatic heterocycles. The average Bonchev–Trinajstić information content (AvgIpc) is 2.71. The van der Waals surface area contributed by atoms with E-state index in [1.54, 1.807) is 13.0 Å². The van der Waals surface area contributed by atoms with Crippen molar-refractivity contribution >= 4 is 5.78 Å². The van der Waals surface area contributed by atoms with Gasteiger partial charge in [0.15, 0.2) is 0 Å². The van der Waals surface area contributed by atoms with Crippen LogP contribution in [0.25, 0.3) is 11.4 Å². The quantitative estimate of drug-likeness (QED) is 0.729. The third-order valence-electron chi connectivity index (χ3n) is 2.14. The molecule has 16 heavy (non-hydrogen) atoms. The molecule has 0 N–H and O–H groups in total. The summed E-state index contributed by atoms with van der Waals surface area (Å²) in [7, 11) is 0. The lowest BCUT2D eigenvalue weighted by molar-refractivity contribution is 0.0972. The fourth-order valence-corrected chi connectivity index (χ4v) is 1.27. The van der Waals surface area contributed by atoms with Gasteiger partial charge < -0.3 is 4.52 Å². The number of carbonyl (C=O) groups excluding carboxylic acids is 1. The summed E-state index contributed by atoms with van der Waals surface area (Å²) in [4.78, 5) is 14.9. The molecule has 0 saturated carbocycles. The van der Waals surface area contributed by atoms with Crippen molar-refractivity contribution in [3.8, 4) is 11.4 Å². The van der Waals surface area contributed by atoms with Crippen LogP contribution in [0.5, 0.6) is 0 Å². The van der Waals surface area contributed by atoms with Crippen molar-refractivity contribution in [1.29, 1.82) is 0 Å². The van der Waals surface area contributed by atoms with Gasteiger partial charge in [-0.15, -0.1) is 0 Å². The maximum atomic E-state index is 13.0. The van der Waals surface area contributed by atoms with E-state index in [2.05, 4.69) is 10.1 Å². The summed E-state index contributed by atoms with van der Waals surface area (Å²) >= 11 is 0. The number of hydrogen-bond donors (Lipinski definition) is 0. The van der Waals surface area contributed by atoms with E-state index < -0.39 is 0 Å². The molecule has 0 spiro atoms. The van der Waals surface area contributed by atoms with Crippen molar-refractivity contribution in [3.05, 3.63) is 35.5 Å². The molecule has 4 nitrogen and oxygen atoms in total. The molecule has 0 unspecified atom stereocenters. The summed E-state index contributed by atoms with van der Waals surface area (Å²) < 4.78 is 17.8. The van der Waals surface area contributed by atoms with Gasteiger partial charge in [0.25, 0.3) is 5.89 Å². The van der Waals surface area contributed by atoms with Crippen LogP contribution in [0.3, 0.4) is 0 Å². The number of Topliss-reactive ketones (excluding diaryl/α,β-unsaturated/α-hetero) is 1. The smallest absolute Gasteiger partial charge is 0.294 e. The Morgan fingerprint density at radius 2 is 2.19 bits per heavy atom. The molecule has 0 aliphatic carbocycles. The number of benzene rings is 1. The second kappa shape index (κ2) is 3.84. The lowest BCUT2D eigenvalue weighted by Gasteiger charge is -1.97. The van der Waals surface area contributed by atoms with Crippen LogP contribution in [-0.4, -0.2) is 15.9 Å². The minimum atomic E-state index is -0.294. The minimum Gasteiger partial charge on any atom is -0.330 e. The van der Waals surface area contributed by atoms with Gasteiger partial charge in [0.2, 0.25) is 11.6 Å². The first-order chi connectivity index (χ1) is 7.58. The molecule has 5 heteroatoms. The summed E-state index contributed by atoms with van der Waals surface area (Å²) in [6, 6.07) is 4.47. The molecule has 2 rings (SSSR count). The summed E-state index contributed by atoms with van der Waals surface area (Å²) in [5, 5.41) is 3.65. The van der Waals surface area contributed by atoms with Gasteiger partial charge in [0.1, 0.15) is 5.82 Å². The topological polar surface area (TPSA) is 56.0 Å². The van der Waals surface area contributed by atoms with Crippen LogP contribution in [0.4, 0.5) is 4.39 Å². The minimum absolute atomic E-state index is 0.0445. The van der Waals surface area contributed by atoms with Gasteiger partial charge in [-0.05, 0) is 30.7 Å². The lowest BCUT2D eigenvalue weighted by atomic mass is 10.1. The highest BCUT2D eigenvalue weighted by Gasteiger charge is 2.12. The van der Waals surface area contributed by atoms with Crippen LogP contribution in [0.15, 0.2) is 22.7 Å². The second-order valence-electron chi connectivity index (χ2n) is 3.44. The van der Waals surface area contributed by atoms with E-state index in [1.807, 2.05) is 0 Å². The number of aromatic nitrogens is 2. The van der Waals surface area contributed by atoms with Crippen LogP contribution >= 0.6 is 0 Å². The van der Waals surface area contributed by atoms with Gasteiger partial charge in [-0.25, -0.2) is 4.39 Å². The van der Waals surface area contributed by atoms with Gasteiger partial charge in [0, 0.05) is 12.5 Å². The molecule has 1 aromatic carbocycles. The Bertz CT molecular complexity index is 549. The Kier molecular flexibility index (Phi) is 2.52. The highest BCUT2D eigenvalue weighted by Crippen LogP contribution is 2.19. The molecule has 82 valence electrons. The normalized spacial score (nSPS) is 10.4. The predicted octanol–water partition coefficient (Wildman–Crippen LogP) is 2.39. The van der Waals surface area contributed by atoms with E-state index in [9.17, 15) is 9.18 Å². The zero-order valence-corrected chi connectivity index (χ0v) is 8.82. The number of aryl methyl sites for hydroxylation is 1. The zero-order chi connectivity index (χ0) is 11.7. The number of halogens is 1. The first-order valence-corrected chi connectivity index (χ1v) is 4.69. The van der Waals surface area contributed by atoms with Crippen LogP contribution in [-0.2, 0) is 0 Å². The SMILES string of the molecule is CC(=O)c1nc(-c2ccc(F)c(C)c2)no1. The van der Waals surface area contributed by atoms with Gasteiger partial charge in [-0.1, -0.05) is 5.16 Å². The third-order valence-corrected chi connectivity index (χ3v) is 2.14. The van der Waals surface area contributed by atoms with Gasteiger partial charge in [-0.2, -0.15) is 4.98 Å². The largest absolute Gasteiger partial charge is 0.330 e. The van der Waals surface area contributed by atoms with Crippen molar-refractivity contribution in [1.82, 2.24) is 10.1 Å². The maximum Gasteiger partial charge on any atom is 0.294 e. The number of ketones is 1. The molecule has 1 heterocycles. The molecule has 2 aromatic rings. The molecular weight excluding hydrogens is 211 g/mol. The van der Waals surface area contributed by atoms with Gasteiger partial charge >= 0.3 is 0 Å². The first-order valence-electron chi connectivity index (χ1n) is 4.69. The van der Waals surface area contributed by atoms with Crippen LogP contribution in [0, 0.1) is 12.7 Å². The average molecular weight is 220 g/mol. The molecule has 0 atom stereocenters. The van der Waals surface area contributed by atoms with E-state index in [0.717, 1.165) is 0 Å². The highest BCUT2D eigenvalue weighted by atomic mass is 19.1. The summed E-state index contributed by atoms with van der Waals surface area (Å²) in [6.07, 6.45) is 0. The molecular formula is C11H9FN2O2. The number of rotatable bonds is 2. The zero-order valence-electron chi connectivity index (χ0n) is 8.82. The molecule has 0 fully saturated rings. The molecule has 0 radical (unpaired) electrons. The monoisotopic (exact) mass is 220 g/mol. The Labute approximate surface area is 91.1 Å². The fourth-order valence-electron chi connectivity index (χ4n) is 1.27. The molecule has 0 aliphatic heterocycles. The van der Waals surface area contributed by atoms with Crippen molar-refractivity contribution in [3.63, 3.8) is 0 Å². The van der Waals surface area contributed by atoms with Crippen LogP contribution < -0.4 is 0 Å². The van der Waals surface area contributed by atoms with E-state index in [1.165, 1.54) is 19.1 Å². The Hall–Kier alpha value is -2.04. The Morgan fingerprint density at radius 3 is 2.75 bits per heavy atom. The van der Waals surface area contributed by atoms with Crippen molar-refractivity contribution in [2.45, 2.75) is 13.8 Å². The van der Waals surface area contributed by atoms with Crippen molar-refractivity contribution in [2.75, 3.05) is 0 Å². The maximum absolute atomic E-state index is 13.0. The van der Waals surface area contributed by atoms with E-state index in [0.29, 0.717) is 11.1 Å². The number of hydrogen-bond acceptors (Lipinski definition) is 4. The summed E-state index contributed by atoms with van der Waals surface area (Å²) in [6.45, 7) is 2.98. The van der Waals surface area contributed by atoms with E-state index in [4.69, 9.17) is 4.52 Å². The molecule has 0 bridgehead atoms. The third kappa shape index (κ3) is 1.84. The highest BCUT2D eigenvalue weighted by molar-refractivity contribution is 5.89. The van der Waals surface area contributed by atoms with Crippen LogP contribution in [0.2, 0.25) is 0 Å². The summed E-state index contributed by atoms with van der Waals surface area (Å²) in [5.41, 5.74) is 1.11. The second-order valence-corrected chi connectivity index (χ2v) is 3.44. The van der Waals surface area contributed by atoms with E-state index in [-0.39, 0.29) is 23.3 Å². The van der Waals surface area contributed by atoms with Crippen LogP contribution in [0.1, 0.15) is 23.2 Å². The Morgan fingerprint density at radius 1 is 1.44 bits per heavy atom. The molecule has 0 saturated heterocycles. The fraction of sp³-hybridized carbons (Fsp3) is 0.182.